The van der Waals surface area contributed by atoms with Crippen LogP contribution in [0.1, 0.15) is 77.2 Å². The van der Waals surface area contributed by atoms with E-state index in [-0.39, 0.29) is 18.2 Å². The van der Waals surface area contributed by atoms with Gasteiger partial charge >= 0.3 is 0 Å². The fraction of sp³-hybridized carbons (Fsp3) is 0.357. The standard InChI is InChI=1S/C28H28BrN3O2/c29-26-24(16-6-2-5-13-20-11-3-1-4-12-20)32(25-17-9-10-18-34-25)31-27(26)23-19-21-14-7-8-15-22(21)28(33)30-23/h1,3-4,7-8,11-12,14-15,23,25H,2,5,9-10,13,17-19H2,(H,30,33). The van der Waals surface area contributed by atoms with Crippen LogP contribution in [0.15, 0.2) is 59.1 Å². The summed E-state index contributed by atoms with van der Waals surface area (Å²) in [4.78, 5) is 12.7. The van der Waals surface area contributed by atoms with Crippen LogP contribution in [-0.2, 0) is 17.6 Å². The first kappa shape index (κ1) is 22.9. The zero-order valence-electron chi connectivity index (χ0n) is 19.1. The van der Waals surface area contributed by atoms with Crippen LogP contribution in [0.3, 0.4) is 0 Å². The second-order valence-corrected chi connectivity index (χ2v) is 9.63. The predicted molar refractivity (Wildman–Crippen MR) is 135 cm³/mol. The minimum Gasteiger partial charge on any atom is -0.356 e. The normalized spacial score (nSPS) is 19.6. The quantitative estimate of drug-likeness (QED) is 0.346. The zero-order valence-corrected chi connectivity index (χ0v) is 20.7. The molecule has 0 aliphatic carbocycles. The lowest BCUT2D eigenvalue weighted by atomic mass is 9.93. The minimum atomic E-state index is -0.208. The van der Waals surface area contributed by atoms with E-state index in [0.29, 0.717) is 6.42 Å². The molecule has 0 spiro atoms. The highest BCUT2D eigenvalue weighted by molar-refractivity contribution is 9.10. The maximum absolute atomic E-state index is 12.7. The van der Waals surface area contributed by atoms with E-state index < -0.39 is 0 Å². The van der Waals surface area contributed by atoms with Gasteiger partial charge in [0, 0.05) is 18.6 Å². The van der Waals surface area contributed by atoms with Crippen molar-refractivity contribution in [3.05, 3.63) is 87.1 Å². The molecule has 2 aliphatic rings. The molecule has 5 rings (SSSR count). The molecular formula is C28H28BrN3O2. The number of halogens is 1. The number of hydrogen-bond donors (Lipinski definition) is 1. The number of amides is 1. The molecule has 3 aromatic rings. The summed E-state index contributed by atoms with van der Waals surface area (Å²) in [6, 6.07) is 18.1. The van der Waals surface area contributed by atoms with Crippen LogP contribution >= 0.6 is 15.9 Å². The van der Waals surface area contributed by atoms with E-state index in [1.807, 2.05) is 35.0 Å². The first-order valence-electron chi connectivity index (χ1n) is 12.0. The summed E-state index contributed by atoms with van der Waals surface area (Å²) in [6.07, 6.45) is 6.49. The topological polar surface area (TPSA) is 56.2 Å². The molecular weight excluding hydrogens is 490 g/mol. The first-order valence-corrected chi connectivity index (χ1v) is 12.8. The highest BCUT2D eigenvalue weighted by Gasteiger charge is 2.31. The third kappa shape index (κ3) is 4.96. The number of unbranched alkanes of at least 4 members (excludes halogenated alkanes) is 1. The maximum Gasteiger partial charge on any atom is 0.252 e. The molecule has 1 fully saturated rings. The van der Waals surface area contributed by atoms with Gasteiger partial charge in [-0.1, -0.05) is 54.5 Å². The third-order valence-electron chi connectivity index (χ3n) is 6.44. The van der Waals surface area contributed by atoms with Gasteiger partial charge in [0.25, 0.3) is 5.91 Å². The summed E-state index contributed by atoms with van der Waals surface area (Å²) in [5.41, 5.74) is 4.76. The lowest BCUT2D eigenvalue weighted by Gasteiger charge is -2.25. The molecule has 5 nitrogen and oxygen atoms in total. The zero-order chi connectivity index (χ0) is 23.3. The molecule has 1 saturated heterocycles. The molecule has 1 aromatic heterocycles. The Hall–Kier alpha value is -2.88. The number of nitrogens with one attached hydrogen (secondary N) is 1. The van der Waals surface area contributed by atoms with E-state index in [1.165, 1.54) is 5.56 Å². The van der Waals surface area contributed by atoms with Crippen molar-refractivity contribution in [2.45, 2.75) is 57.2 Å². The van der Waals surface area contributed by atoms with Gasteiger partial charge in [0.05, 0.1) is 10.5 Å². The largest absolute Gasteiger partial charge is 0.356 e. The van der Waals surface area contributed by atoms with E-state index in [0.717, 1.165) is 72.1 Å². The van der Waals surface area contributed by atoms with Crippen LogP contribution in [0.4, 0.5) is 0 Å². The molecule has 0 radical (unpaired) electrons. The van der Waals surface area contributed by atoms with Gasteiger partial charge in [-0.3, -0.25) is 4.79 Å². The van der Waals surface area contributed by atoms with Crippen molar-refractivity contribution >= 4 is 21.8 Å². The summed E-state index contributed by atoms with van der Waals surface area (Å²) in [5.74, 6) is 6.66. The molecule has 34 heavy (non-hydrogen) atoms. The molecule has 2 atom stereocenters. The number of ether oxygens (including phenoxy) is 1. The molecule has 2 aromatic carbocycles. The van der Waals surface area contributed by atoms with Crippen molar-refractivity contribution in [1.29, 1.82) is 0 Å². The second-order valence-electron chi connectivity index (χ2n) is 8.84. The van der Waals surface area contributed by atoms with Crippen LogP contribution in [0, 0.1) is 11.8 Å². The first-order chi connectivity index (χ1) is 16.7. The Kier molecular flexibility index (Phi) is 7.13. The van der Waals surface area contributed by atoms with Crippen molar-refractivity contribution in [2.75, 3.05) is 6.61 Å². The van der Waals surface area contributed by atoms with E-state index in [9.17, 15) is 4.79 Å². The number of fused-ring (bicyclic) bond motifs is 1. The Morgan fingerprint density at radius 3 is 2.76 bits per heavy atom. The van der Waals surface area contributed by atoms with Crippen LogP contribution in [0.25, 0.3) is 0 Å². The van der Waals surface area contributed by atoms with E-state index in [1.54, 1.807) is 0 Å². The van der Waals surface area contributed by atoms with Gasteiger partial charge in [0.2, 0.25) is 0 Å². The number of carbonyl (C=O) groups excluding carboxylic acids is 1. The lowest BCUT2D eigenvalue weighted by molar-refractivity contribution is -0.0402. The van der Waals surface area contributed by atoms with Gasteiger partial charge in [-0.15, -0.1) is 0 Å². The van der Waals surface area contributed by atoms with Crippen molar-refractivity contribution in [1.82, 2.24) is 15.1 Å². The Balaban J connectivity index is 1.39. The third-order valence-corrected chi connectivity index (χ3v) is 7.23. The van der Waals surface area contributed by atoms with Crippen LogP contribution in [0.2, 0.25) is 0 Å². The minimum absolute atomic E-state index is 0.0595. The van der Waals surface area contributed by atoms with Crippen molar-refractivity contribution in [2.24, 2.45) is 0 Å². The van der Waals surface area contributed by atoms with E-state index >= 15 is 0 Å². The molecule has 1 amide bonds. The molecule has 1 N–H and O–H groups in total. The average molecular weight is 518 g/mol. The molecule has 6 heteroatoms. The number of benzene rings is 2. The molecule has 0 saturated carbocycles. The van der Waals surface area contributed by atoms with Gasteiger partial charge in [0.1, 0.15) is 11.4 Å². The van der Waals surface area contributed by atoms with Gasteiger partial charge < -0.3 is 10.1 Å². The fourth-order valence-electron chi connectivity index (χ4n) is 4.66. The summed E-state index contributed by atoms with van der Waals surface area (Å²) >= 11 is 3.78. The summed E-state index contributed by atoms with van der Waals surface area (Å²) in [5, 5.41) is 8.07. The molecule has 0 bridgehead atoms. The fourth-order valence-corrected chi connectivity index (χ4v) is 5.29. The smallest absolute Gasteiger partial charge is 0.252 e. The van der Waals surface area contributed by atoms with E-state index in [4.69, 9.17) is 9.84 Å². The maximum atomic E-state index is 12.7. The monoisotopic (exact) mass is 517 g/mol. The van der Waals surface area contributed by atoms with Crippen molar-refractivity contribution in [3.63, 3.8) is 0 Å². The highest BCUT2D eigenvalue weighted by atomic mass is 79.9. The molecule has 3 heterocycles. The number of rotatable bonds is 5. The van der Waals surface area contributed by atoms with Gasteiger partial charge in [0.15, 0.2) is 6.23 Å². The summed E-state index contributed by atoms with van der Waals surface area (Å²) in [7, 11) is 0. The molecule has 174 valence electrons. The average Bonchev–Trinajstić information content (AvgIpc) is 3.21. The number of carbonyl (C=O) groups is 1. The lowest BCUT2D eigenvalue weighted by Crippen LogP contribution is -2.35. The van der Waals surface area contributed by atoms with Gasteiger partial charge in [-0.2, -0.15) is 5.10 Å². The van der Waals surface area contributed by atoms with Crippen molar-refractivity contribution < 1.29 is 9.53 Å². The molecule has 2 aliphatic heterocycles. The number of nitrogens with zero attached hydrogens (tertiary/aromatic N) is 2. The van der Waals surface area contributed by atoms with Crippen LogP contribution < -0.4 is 5.32 Å². The predicted octanol–water partition coefficient (Wildman–Crippen LogP) is 5.75. The van der Waals surface area contributed by atoms with Crippen LogP contribution in [0.5, 0.6) is 0 Å². The number of hydrogen-bond acceptors (Lipinski definition) is 3. The second kappa shape index (κ2) is 10.6. The Morgan fingerprint density at radius 2 is 1.94 bits per heavy atom. The SMILES string of the molecule is O=C1NC(c2nn(C3CCCCO3)c(C#CCCCc3ccccc3)c2Br)Cc2ccccc21. The summed E-state index contributed by atoms with van der Waals surface area (Å²) < 4.78 is 8.82. The van der Waals surface area contributed by atoms with Crippen LogP contribution in [-0.4, -0.2) is 22.3 Å². The highest BCUT2D eigenvalue weighted by Crippen LogP contribution is 2.34. The molecule has 2 unspecified atom stereocenters. The van der Waals surface area contributed by atoms with E-state index in [2.05, 4.69) is 57.4 Å². The summed E-state index contributed by atoms with van der Waals surface area (Å²) in [6.45, 7) is 0.731. The van der Waals surface area contributed by atoms with Crippen molar-refractivity contribution in [3.8, 4) is 11.8 Å². The number of aromatic nitrogens is 2. The van der Waals surface area contributed by atoms with Gasteiger partial charge in [-0.05, 0) is 77.6 Å². The Bertz CT molecular complexity index is 1220. The Labute approximate surface area is 209 Å². The Morgan fingerprint density at radius 1 is 1.12 bits per heavy atom. The van der Waals surface area contributed by atoms with Gasteiger partial charge in [-0.25, -0.2) is 4.68 Å². The number of aryl methyl sites for hydroxylation is 1.